The van der Waals surface area contributed by atoms with E-state index in [9.17, 15) is 10.1 Å². The Hall–Kier alpha value is -2.90. The molecule has 0 spiro atoms. The predicted octanol–water partition coefficient (Wildman–Crippen LogP) is 3.66. The number of aryl methyl sites for hydroxylation is 1. The maximum atomic E-state index is 11.6. The zero-order chi connectivity index (χ0) is 17.9. The van der Waals surface area contributed by atoms with Gasteiger partial charge in [-0.1, -0.05) is 6.07 Å². The van der Waals surface area contributed by atoms with Crippen molar-refractivity contribution in [3.63, 3.8) is 0 Å². The molecule has 0 atom stereocenters. The van der Waals surface area contributed by atoms with Crippen LogP contribution in [0.3, 0.4) is 0 Å². The van der Waals surface area contributed by atoms with Gasteiger partial charge in [0.15, 0.2) is 0 Å². The van der Waals surface area contributed by atoms with Crippen LogP contribution in [-0.4, -0.2) is 27.5 Å². The third-order valence-corrected chi connectivity index (χ3v) is 3.11. The fourth-order valence-electron chi connectivity index (χ4n) is 2.14. The highest BCUT2D eigenvalue weighted by Crippen LogP contribution is 2.35. The Morgan fingerprint density at radius 3 is 2.46 bits per heavy atom. The second-order valence-electron chi connectivity index (χ2n) is 6.38. The van der Waals surface area contributed by atoms with Gasteiger partial charge in [-0.05, 0) is 45.4 Å². The lowest BCUT2D eigenvalue weighted by Crippen LogP contribution is -2.27. The summed E-state index contributed by atoms with van der Waals surface area (Å²) in [5.41, 5.74) is 0.997. The topological polar surface area (TPSA) is 102 Å². The molecule has 0 aliphatic rings. The summed E-state index contributed by atoms with van der Waals surface area (Å²) in [5.74, 6) is 0.834. The molecule has 0 bridgehead atoms. The average molecular weight is 331 g/mol. The van der Waals surface area contributed by atoms with Crippen molar-refractivity contribution in [3.8, 4) is 5.75 Å². The Morgan fingerprint density at radius 2 is 1.88 bits per heavy atom. The lowest BCUT2D eigenvalue weighted by molar-refractivity contribution is -0.383. The molecular weight excluding hydrogens is 310 g/mol. The van der Waals surface area contributed by atoms with Crippen LogP contribution in [0.5, 0.6) is 5.75 Å². The van der Waals surface area contributed by atoms with Gasteiger partial charge in [0.1, 0.15) is 12.1 Å². The van der Waals surface area contributed by atoms with E-state index in [-0.39, 0.29) is 22.9 Å². The summed E-state index contributed by atoms with van der Waals surface area (Å²) in [4.78, 5) is 19.1. The number of aromatic nitrogens is 2. The van der Waals surface area contributed by atoms with Crippen LogP contribution in [0.1, 0.15) is 26.3 Å². The van der Waals surface area contributed by atoms with Crippen molar-refractivity contribution in [2.45, 2.75) is 33.2 Å². The summed E-state index contributed by atoms with van der Waals surface area (Å²) in [6.07, 6.45) is 1.28. The normalized spacial score (nSPS) is 11.0. The van der Waals surface area contributed by atoms with Crippen LogP contribution in [0.25, 0.3) is 0 Å². The minimum Gasteiger partial charge on any atom is -0.495 e. The lowest BCUT2D eigenvalue weighted by Gasteiger charge is -2.21. The van der Waals surface area contributed by atoms with E-state index in [1.54, 1.807) is 6.07 Å². The second-order valence-corrected chi connectivity index (χ2v) is 6.38. The number of ether oxygens (including phenoxy) is 1. The van der Waals surface area contributed by atoms with Gasteiger partial charge in [-0.2, -0.15) is 0 Å². The Kier molecular flexibility index (Phi) is 4.87. The van der Waals surface area contributed by atoms with E-state index in [0.29, 0.717) is 11.4 Å². The number of nitrogens with one attached hydrogen (secondary N) is 2. The van der Waals surface area contributed by atoms with E-state index in [4.69, 9.17) is 4.74 Å². The van der Waals surface area contributed by atoms with Crippen LogP contribution in [0.15, 0.2) is 24.5 Å². The van der Waals surface area contributed by atoms with Gasteiger partial charge in [-0.3, -0.25) is 10.1 Å². The molecule has 1 aromatic heterocycles. The molecule has 24 heavy (non-hydrogen) atoms. The molecule has 8 heteroatoms. The van der Waals surface area contributed by atoms with E-state index in [1.165, 1.54) is 13.4 Å². The third-order valence-electron chi connectivity index (χ3n) is 3.11. The summed E-state index contributed by atoms with van der Waals surface area (Å²) in [7, 11) is 1.54. The van der Waals surface area contributed by atoms with Crippen molar-refractivity contribution in [2.75, 3.05) is 17.7 Å². The van der Waals surface area contributed by atoms with Gasteiger partial charge < -0.3 is 15.4 Å². The number of hydrogen-bond acceptors (Lipinski definition) is 7. The van der Waals surface area contributed by atoms with E-state index < -0.39 is 4.92 Å². The molecule has 0 unspecified atom stereocenters. The average Bonchev–Trinajstić information content (AvgIpc) is 2.45. The predicted molar refractivity (Wildman–Crippen MR) is 93.1 cm³/mol. The highest BCUT2D eigenvalue weighted by Gasteiger charge is 2.26. The summed E-state index contributed by atoms with van der Waals surface area (Å²) >= 11 is 0. The number of rotatable bonds is 5. The fraction of sp³-hybridized carbons (Fsp3) is 0.375. The first-order valence-corrected chi connectivity index (χ1v) is 7.40. The minimum absolute atomic E-state index is 0.102. The van der Waals surface area contributed by atoms with Crippen LogP contribution in [0.2, 0.25) is 0 Å². The first-order chi connectivity index (χ1) is 11.2. The first kappa shape index (κ1) is 17.5. The van der Waals surface area contributed by atoms with Crippen molar-refractivity contribution in [2.24, 2.45) is 0 Å². The van der Waals surface area contributed by atoms with Gasteiger partial charge in [0.2, 0.25) is 11.6 Å². The quantitative estimate of drug-likeness (QED) is 0.636. The maximum Gasteiger partial charge on any atom is 0.353 e. The van der Waals surface area contributed by atoms with E-state index in [0.717, 1.165) is 5.56 Å². The van der Waals surface area contributed by atoms with Crippen LogP contribution < -0.4 is 15.4 Å². The second kappa shape index (κ2) is 6.69. The van der Waals surface area contributed by atoms with Crippen molar-refractivity contribution in [3.05, 3.63) is 40.2 Å². The van der Waals surface area contributed by atoms with Crippen molar-refractivity contribution < 1.29 is 9.66 Å². The van der Waals surface area contributed by atoms with Gasteiger partial charge in [0.05, 0.1) is 17.7 Å². The molecule has 0 aliphatic heterocycles. The molecule has 2 N–H and O–H groups in total. The number of anilines is 3. The summed E-state index contributed by atoms with van der Waals surface area (Å²) in [6.45, 7) is 7.62. The number of benzene rings is 1. The molecule has 0 amide bonds. The molecule has 2 aromatic rings. The zero-order valence-electron chi connectivity index (χ0n) is 14.4. The number of nitrogens with zero attached hydrogens (tertiary/aromatic N) is 3. The third kappa shape index (κ3) is 4.09. The largest absolute Gasteiger partial charge is 0.495 e. The standard InChI is InChI=1S/C16H21N5O3/c1-10-6-7-12(24-5)11(8-10)19-14-13(21(22)23)15(18-9-17-14)20-16(2,3)4/h6-9H,1-5H3,(H2,17,18,19,20). The Labute approximate surface area is 140 Å². The highest BCUT2D eigenvalue weighted by atomic mass is 16.6. The van der Waals surface area contributed by atoms with Gasteiger partial charge in [0.25, 0.3) is 0 Å². The van der Waals surface area contributed by atoms with E-state index >= 15 is 0 Å². The molecule has 2 rings (SSSR count). The maximum absolute atomic E-state index is 11.6. The van der Waals surface area contributed by atoms with Crippen LogP contribution in [0, 0.1) is 17.0 Å². The number of nitro groups is 1. The van der Waals surface area contributed by atoms with E-state index in [2.05, 4.69) is 20.6 Å². The molecule has 128 valence electrons. The summed E-state index contributed by atoms with van der Waals surface area (Å²) in [5, 5.41) is 17.6. The monoisotopic (exact) mass is 331 g/mol. The van der Waals surface area contributed by atoms with E-state index in [1.807, 2.05) is 39.8 Å². The summed E-state index contributed by atoms with van der Waals surface area (Å²) < 4.78 is 5.29. The molecule has 0 aliphatic carbocycles. The molecule has 0 saturated carbocycles. The van der Waals surface area contributed by atoms with Gasteiger partial charge in [0, 0.05) is 5.54 Å². The molecule has 0 radical (unpaired) electrons. The molecule has 1 aromatic carbocycles. The molecular formula is C16H21N5O3. The molecule has 1 heterocycles. The van der Waals surface area contributed by atoms with Crippen molar-refractivity contribution in [1.29, 1.82) is 0 Å². The van der Waals surface area contributed by atoms with Gasteiger partial charge in [-0.25, -0.2) is 9.97 Å². The van der Waals surface area contributed by atoms with Crippen LogP contribution >= 0.6 is 0 Å². The first-order valence-electron chi connectivity index (χ1n) is 7.40. The molecule has 0 fully saturated rings. The Bertz CT molecular complexity index is 756. The van der Waals surface area contributed by atoms with Gasteiger partial charge in [-0.15, -0.1) is 0 Å². The highest BCUT2D eigenvalue weighted by molar-refractivity contribution is 5.76. The smallest absolute Gasteiger partial charge is 0.353 e. The molecule has 8 nitrogen and oxygen atoms in total. The Morgan fingerprint density at radius 1 is 1.21 bits per heavy atom. The fourth-order valence-corrected chi connectivity index (χ4v) is 2.14. The van der Waals surface area contributed by atoms with Crippen molar-refractivity contribution >= 4 is 23.0 Å². The Balaban J connectivity index is 2.49. The van der Waals surface area contributed by atoms with Gasteiger partial charge >= 0.3 is 5.69 Å². The number of hydrogen-bond donors (Lipinski definition) is 2. The number of methoxy groups -OCH3 is 1. The SMILES string of the molecule is COc1ccc(C)cc1Nc1ncnc(NC(C)(C)C)c1[N+](=O)[O-]. The van der Waals surface area contributed by atoms with Crippen LogP contribution in [-0.2, 0) is 0 Å². The van der Waals surface area contributed by atoms with Crippen molar-refractivity contribution in [1.82, 2.24) is 9.97 Å². The molecule has 0 saturated heterocycles. The minimum atomic E-state index is -0.501. The zero-order valence-corrected chi connectivity index (χ0v) is 14.4. The summed E-state index contributed by atoms with van der Waals surface area (Å²) in [6, 6.07) is 5.52. The lowest BCUT2D eigenvalue weighted by atomic mass is 10.1. The van der Waals surface area contributed by atoms with Crippen LogP contribution in [0.4, 0.5) is 23.0 Å².